The number of rotatable bonds is 6. The van der Waals surface area contributed by atoms with E-state index in [0.717, 1.165) is 43.9 Å². The summed E-state index contributed by atoms with van der Waals surface area (Å²) in [4.78, 5) is 6.32. The van der Waals surface area contributed by atoms with Gasteiger partial charge in [-0.2, -0.15) is 0 Å². The van der Waals surface area contributed by atoms with Crippen LogP contribution in [-0.4, -0.2) is 34.3 Å². The van der Waals surface area contributed by atoms with Crippen LogP contribution in [0.5, 0.6) is 0 Å². The van der Waals surface area contributed by atoms with Crippen LogP contribution in [-0.2, 0) is 17.8 Å². The molecule has 1 aliphatic heterocycles. The molecule has 5 nitrogen and oxygen atoms in total. The van der Waals surface area contributed by atoms with Gasteiger partial charge in [-0.3, -0.25) is 4.98 Å². The summed E-state index contributed by atoms with van der Waals surface area (Å²) in [6.07, 6.45) is 7.77. The minimum atomic E-state index is 0.245. The molecule has 2 aromatic heterocycles. The average Bonchev–Trinajstić information content (AvgIpc) is 3.26. The second kappa shape index (κ2) is 8.08. The second-order valence-corrected chi connectivity index (χ2v) is 6.00. The van der Waals surface area contributed by atoms with E-state index in [-0.39, 0.29) is 6.10 Å². The summed E-state index contributed by atoms with van der Waals surface area (Å²) >= 11 is 5.58. The monoisotopic (exact) mass is 331 g/mol. The third-order valence-corrected chi connectivity index (χ3v) is 4.23. The van der Waals surface area contributed by atoms with E-state index in [9.17, 15) is 0 Å². The lowest BCUT2D eigenvalue weighted by molar-refractivity contribution is 0.0897. The Morgan fingerprint density at radius 1 is 1.39 bits per heavy atom. The summed E-state index contributed by atoms with van der Waals surface area (Å²) in [7, 11) is 0. The van der Waals surface area contributed by atoms with Gasteiger partial charge in [-0.15, -0.1) is 0 Å². The van der Waals surface area contributed by atoms with Gasteiger partial charge in [0.15, 0.2) is 5.11 Å². The number of aromatic nitrogens is 1. The van der Waals surface area contributed by atoms with Gasteiger partial charge in [0.05, 0.1) is 18.9 Å². The SMILES string of the molecule is S=C(NCc1ccco1)N(Cc1cccnc1)C[C@@H]1CCCO1. The molecule has 1 saturated heterocycles. The number of hydrogen-bond donors (Lipinski definition) is 1. The van der Waals surface area contributed by atoms with Crippen LogP contribution in [0.4, 0.5) is 0 Å². The van der Waals surface area contributed by atoms with Crippen molar-refractivity contribution in [3.8, 4) is 0 Å². The van der Waals surface area contributed by atoms with Crippen LogP contribution in [0.15, 0.2) is 47.3 Å². The number of furan rings is 1. The van der Waals surface area contributed by atoms with Crippen molar-refractivity contribution >= 4 is 17.3 Å². The normalized spacial score (nSPS) is 17.1. The molecule has 1 aliphatic rings. The Bertz CT molecular complexity index is 598. The van der Waals surface area contributed by atoms with Gasteiger partial charge in [0, 0.05) is 32.1 Å². The Kier molecular flexibility index (Phi) is 5.60. The molecule has 0 bridgehead atoms. The highest BCUT2D eigenvalue weighted by molar-refractivity contribution is 7.80. The summed E-state index contributed by atoms with van der Waals surface area (Å²) in [6, 6.07) is 7.81. The summed E-state index contributed by atoms with van der Waals surface area (Å²) in [5.41, 5.74) is 1.13. The molecule has 0 aliphatic carbocycles. The van der Waals surface area contributed by atoms with Gasteiger partial charge in [0.1, 0.15) is 5.76 Å². The largest absolute Gasteiger partial charge is 0.467 e. The quantitative estimate of drug-likeness (QED) is 0.822. The number of thiocarbonyl (C=S) groups is 1. The van der Waals surface area contributed by atoms with Crippen LogP contribution in [0.3, 0.4) is 0 Å². The first-order valence-electron chi connectivity index (χ1n) is 7.87. The predicted octanol–water partition coefficient (Wildman–Crippen LogP) is 2.73. The predicted molar refractivity (Wildman–Crippen MR) is 91.8 cm³/mol. The number of hydrogen-bond acceptors (Lipinski definition) is 4. The van der Waals surface area contributed by atoms with Crippen LogP contribution in [0.25, 0.3) is 0 Å². The highest BCUT2D eigenvalue weighted by Crippen LogP contribution is 2.15. The first-order valence-corrected chi connectivity index (χ1v) is 8.28. The fraction of sp³-hybridized carbons (Fsp3) is 0.412. The summed E-state index contributed by atoms with van der Waals surface area (Å²) < 4.78 is 11.1. The standard InChI is InChI=1S/C17H21N3O2S/c23-17(19-11-15-5-2-8-21-15)20(13-16-6-3-9-22-16)12-14-4-1-7-18-10-14/h1-2,4-5,7-8,10,16H,3,6,9,11-13H2,(H,19,23)/t16-/m0/s1. The van der Waals surface area contributed by atoms with Gasteiger partial charge < -0.3 is 19.4 Å². The maximum atomic E-state index is 5.76. The third-order valence-electron chi connectivity index (χ3n) is 3.83. The first kappa shape index (κ1) is 16.0. The zero-order valence-corrected chi connectivity index (χ0v) is 13.8. The van der Waals surface area contributed by atoms with Crippen LogP contribution in [0, 0.1) is 0 Å². The lowest BCUT2D eigenvalue weighted by Gasteiger charge is -2.28. The maximum absolute atomic E-state index is 5.76. The van der Waals surface area contributed by atoms with Crippen LogP contribution < -0.4 is 5.32 Å². The maximum Gasteiger partial charge on any atom is 0.169 e. The fourth-order valence-electron chi connectivity index (χ4n) is 2.65. The second-order valence-electron chi connectivity index (χ2n) is 5.61. The van der Waals surface area contributed by atoms with Crippen molar-refractivity contribution in [3.63, 3.8) is 0 Å². The van der Waals surface area contributed by atoms with Gasteiger partial charge >= 0.3 is 0 Å². The number of pyridine rings is 1. The molecule has 1 atom stereocenters. The Balaban J connectivity index is 1.61. The topological polar surface area (TPSA) is 50.5 Å². The summed E-state index contributed by atoms with van der Waals surface area (Å²) in [5.74, 6) is 0.866. The third kappa shape index (κ3) is 4.77. The zero-order valence-electron chi connectivity index (χ0n) is 13.0. The fourth-order valence-corrected chi connectivity index (χ4v) is 2.86. The molecule has 122 valence electrons. The van der Waals surface area contributed by atoms with Crippen molar-refractivity contribution in [1.82, 2.24) is 15.2 Å². The van der Waals surface area contributed by atoms with Gasteiger partial charge in [-0.05, 0) is 48.8 Å². The van der Waals surface area contributed by atoms with Crippen molar-refractivity contribution in [1.29, 1.82) is 0 Å². The van der Waals surface area contributed by atoms with E-state index in [0.29, 0.717) is 11.7 Å². The molecule has 0 spiro atoms. The minimum Gasteiger partial charge on any atom is -0.467 e. The Labute approximate surface area is 141 Å². The van der Waals surface area contributed by atoms with E-state index in [2.05, 4.69) is 21.3 Å². The van der Waals surface area contributed by atoms with E-state index in [4.69, 9.17) is 21.4 Å². The highest BCUT2D eigenvalue weighted by Gasteiger charge is 2.21. The summed E-state index contributed by atoms with van der Waals surface area (Å²) in [5, 5.41) is 3.98. The van der Waals surface area contributed by atoms with E-state index in [1.54, 1.807) is 12.5 Å². The van der Waals surface area contributed by atoms with Crippen LogP contribution in [0.2, 0.25) is 0 Å². The zero-order chi connectivity index (χ0) is 15.9. The highest BCUT2D eigenvalue weighted by atomic mass is 32.1. The van der Waals surface area contributed by atoms with Crippen molar-refractivity contribution in [3.05, 3.63) is 54.2 Å². The molecule has 3 rings (SSSR count). The number of nitrogens with one attached hydrogen (secondary N) is 1. The lowest BCUT2D eigenvalue weighted by Crippen LogP contribution is -2.42. The Hall–Kier alpha value is -1.92. The van der Waals surface area contributed by atoms with Crippen LogP contribution in [0.1, 0.15) is 24.2 Å². The van der Waals surface area contributed by atoms with Gasteiger partial charge in [-0.25, -0.2) is 0 Å². The Morgan fingerprint density at radius 2 is 2.35 bits per heavy atom. The smallest absolute Gasteiger partial charge is 0.169 e. The van der Waals surface area contributed by atoms with E-state index < -0.39 is 0 Å². The minimum absolute atomic E-state index is 0.245. The molecule has 0 saturated carbocycles. The Morgan fingerprint density at radius 3 is 3.04 bits per heavy atom. The van der Waals surface area contributed by atoms with Gasteiger partial charge in [0.2, 0.25) is 0 Å². The molecule has 0 amide bonds. The van der Waals surface area contributed by atoms with E-state index >= 15 is 0 Å². The molecule has 1 fully saturated rings. The molecule has 6 heteroatoms. The van der Waals surface area contributed by atoms with E-state index in [1.165, 1.54) is 0 Å². The molecule has 0 radical (unpaired) electrons. The summed E-state index contributed by atoms with van der Waals surface area (Å²) in [6.45, 7) is 2.94. The molecule has 0 aromatic carbocycles. The number of ether oxygens (including phenoxy) is 1. The molecule has 23 heavy (non-hydrogen) atoms. The molecule has 3 heterocycles. The lowest BCUT2D eigenvalue weighted by atomic mass is 10.2. The van der Waals surface area contributed by atoms with Crippen LogP contribution >= 0.6 is 12.2 Å². The molecule has 2 aromatic rings. The van der Waals surface area contributed by atoms with Crippen molar-refractivity contribution in [2.75, 3.05) is 13.2 Å². The van der Waals surface area contributed by atoms with Gasteiger partial charge in [-0.1, -0.05) is 6.07 Å². The first-order chi connectivity index (χ1) is 11.3. The van der Waals surface area contributed by atoms with Crippen molar-refractivity contribution in [2.24, 2.45) is 0 Å². The molecule has 0 unspecified atom stereocenters. The molecular formula is C17H21N3O2S. The molecular weight excluding hydrogens is 310 g/mol. The average molecular weight is 331 g/mol. The van der Waals surface area contributed by atoms with Crippen molar-refractivity contribution in [2.45, 2.75) is 32.0 Å². The van der Waals surface area contributed by atoms with Gasteiger partial charge in [0.25, 0.3) is 0 Å². The number of nitrogens with zero attached hydrogens (tertiary/aromatic N) is 2. The van der Waals surface area contributed by atoms with E-state index in [1.807, 2.05) is 24.4 Å². The van der Waals surface area contributed by atoms with Crippen molar-refractivity contribution < 1.29 is 9.15 Å². The molecule has 1 N–H and O–H groups in total.